The molecule has 0 spiro atoms. The van der Waals surface area contributed by atoms with Gasteiger partial charge in [-0.1, -0.05) is 36.0 Å². The van der Waals surface area contributed by atoms with Gasteiger partial charge in [0.05, 0.1) is 22.0 Å². The van der Waals surface area contributed by atoms with E-state index in [0.29, 0.717) is 21.4 Å². The van der Waals surface area contributed by atoms with E-state index in [1.54, 1.807) is 47.2 Å². The molecular formula is C24H27Cl2FN4O2. The molecule has 33 heavy (non-hydrogen) atoms. The van der Waals surface area contributed by atoms with Crippen molar-refractivity contribution in [3.05, 3.63) is 58.3 Å². The first-order valence-electron chi connectivity index (χ1n) is 11.1. The third kappa shape index (κ3) is 4.95. The number of benzene rings is 2. The van der Waals surface area contributed by atoms with Crippen LogP contribution in [0.3, 0.4) is 0 Å². The Labute approximate surface area is 203 Å². The summed E-state index contributed by atoms with van der Waals surface area (Å²) in [5.41, 5.74) is 1.12. The molecule has 0 aromatic heterocycles. The minimum absolute atomic E-state index is 0.0141. The van der Waals surface area contributed by atoms with Crippen LogP contribution in [0.15, 0.2) is 42.5 Å². The second-order valence-electron chi connectivity index (χ2n) is 8.70. The van der Waals surface area contributed by atoms with Gasteiger partial charge < -0.3 is 10.2 Å². The molecule has 4 rings (SSSR count). The molecule has 0 radical (unpaired) electrons. The number of likely N-dealkylation sites (N-methyl/N-ethyl adjacent to an activating group) is 1. The lowest BCUT2D eigenvalue weighted by Gasteiger charge is -2.49. The first-order valence-corrected chi connectivity index (χ1v) is 11.9. The highest BCUT2D eigenvalue weighted by Gasteiger charge is 2.45. The lowest BCUT2D eigenvalue weighted by molar-refractivity contribution is -0.127. The van der Waals surface area contributed by atoms with Crippen LogP contribution in [0.5, 0.6) is 0 Å². The summed E-state index contributed by atoms with van der Waals surface area (Å²) in [6.07, 6.45) is 3.34. The first kappa shape index (κ1) is 23.8. The fourth-order valence-electron chi connectivity index (χ4n) is 4.66. The second-order valence-corrected chi connectivity index (χ2v) is 9.52. The predicted molar refractivity (Wildman–Crippen MR) is 129 cm³/mol. The molecule has 1 aliphatic heterocycles. The summed E-state index contributed by atoms with van der Waals surface area (Å²) in [4.78, 5) is 29.8. The van der Waals surface area contributed by atoms with Crippen molar-refractivity contribution in [1.29, 1.82) is 0 Å². The van der Waals surface area contributed by atoms with Gasteiger partial charge in [-0.15, -0.1) is 0 Å². The van der Waals surface area contributed by atoms with Crippen LogP contribution in [0.4, 0.5) is 20.6 Å². The number of nitrogens with zero attached hydrogens (tertiary/aromatic N) is 2. The van der Waals surface area contributed by atoms with Crippen LogP contribution >= 0.6 is 23.2 Å². The Balaban J connectivity index is 1.58. The maximum atomic E-state index is 13.6. The van der Waals surface area contributed by atoms with Crippen LogP contribution in [0.1, 0.15) is 32.6 Å². The number of amides is 3. The van der Waals surface area contributed by atoms with Crippen molar-refractivity contribution in [3.8, 4) is 0 Å². The van der Waals surface area contributed by atoms with E-state index in [9.17, 15) is 14.0 Å². The molecule has 0 bridgehead atoms. The number of nitrogens with one attached hydrogen (secondary N) is 2. The highest BCUT2D eigenvalue weighted by atomic mass is 35.5. The summed E-state index contributed by atoms with van der Waals surface area (Å²) in [7, 11) is 1.68. The van der Waals surface area contributed by atoms with Crippen LogP contribution in [-0.2, 0) is 4.79 Å². The van der Waals surface area contributed by atoms with Gasteiger partial charge in [-0.05, 0) is 62.2 Å². The maximum Gasteiger partial charge on any atom is 0.321 e. The van der Waals surface area contributed by atoms with Gasteiger partial charge in [0.2, 0.25) is 5.91 Å². The van der Waals surface area contributed by atoms with Crippen molar-refractivity contribution >= 4 is 46.5 Å². The van der Waals surface area contributed by atoms with E-state index in [0.717, 1.165) is 25.7 Å². The Morgan fingerprint density at radius 1 is 1.15 bits per heavy atom. The van der Waals surface area contributed by atoms with Crippen molar-refractivity contribution in [1.82, 2.24) is 10.2 Å². The minimum Gasteiger partial charge on any atom is -0.321 e. The van der Waals surface area contributed by atoms with Crippen LogP contribution in [0, 0.1) is 11.7 Å². The number of urea groups is 1. The van der Waals surface area contributed by atoms with Gasteiger partial charge in [0, 0.05) is 24.5 Å². The van der Waals surface area contributed by atoms with Crippen molar-refractivity contribution in [2.45, 2.75) is 50.9 Å². The third-order valence-electron chi connectivity index (χ3n) is 6.65. The quantitative estimate of drug-likeness (QED) is 0.591. The zero-order valence-corrected chi connectivity index (χ0v) is 20.0. The Morgan fingerprint density at radius 3 is 2.55 bits per heavy atom. The summed E-state index contributed by atoms with van der Waals surface area (Å²) >= 11 is 12.0. The molecule has 4 atom stereocenters. The van der Waals surface area contributed by atoms with E-state index in [4.69, 9.17) is 23.2 Å². The van der Waals surface area contributed by atoms with Crippen molar-refractivity contribution in [2.75, 3.05) is 17.3 Å². The van der Waals surface area contributed by atoms with Crippen molar-refractivity contribution in [3.63, 3.8) is 0 Å². The third-order valence-corrected chi connectivity index (χ3v) is 7.39. The molecule has 4 unspecified atom stereocenters. The summed E-state index contributed by atoms with van der Waals surface area (Å²) < 4.78 is 13.6. The molecule has 2 aromatic rings. The standard InChI is InChI=1S/C24H27Cl2FN4O2/c1-14(30(2)24(33)28-16-9-12-19(25)20(26)13-16)22-29-21-6-4-3-5-18(21)23(32)31(22)17-10-7-15(27)8-11-17/h7-14,18,21-22,29H,3-6H2,1-2H3,(H,28,33). The Bertz CT molecular complexity index is 1040. The number of carbonyl (C=O) groups is 2. The average Bonchev–Trinajstić information content (AvgIpc) is 2.81. The van der Waals surface area contributed by atoms with E-state index in [1.165, 1.54) is 12.1 Å². The van der Waals surface area contributed by atoms with Crippen LogP contribution in [0.25, 0.3) is 0 Å². The molecule has 1 saturated heterocycles. The van der Waals surface area contributed by atoms with Crippen LogP contribution in [0.2, 0.25) is 10.0 Å². The summed E-state index contributed by atoms with van der Waals surface area (Å²) in [5.74, 6) is -0.475. The Morgan fingerprint density at radius 2 is 1.85 bits per heavy atom. The highest BCUT2D eigenvalue weighted by molar-refractivity contribution is 6.42. The van der Waals surface area contributed by atoms with Crippen molar-refractivity contribution in [2.24, 2.45) is 5.92 Å². The molecule has 2 fully saturated rings. The van der Waals surface area contributed by atoms with Gasteiger partial charge in [0.1, 0.15) is 12.0 Å². The SMILES string of the molecule is CC(C1NC2CCCCC2C(=O)N1c1ccc(F)cc1)N(C)C(=O)Nc1ccc(Cl)c(Cl)c1. The zero-order valence-electron chi connectivity index (χ0n) is 18.5. The molecule has 1 aliphatic carbocycles. The molecule has 3 amide bonds. The number of rotatable bonds is 4. The normalized spacial score (nSPS) is 23.6. The van der Waals surface area contributed by atoms with E-state index in [2.05, 4.69) is 10.6 Å². The Hall–Kier alpha value is -2.35. The van der Waals surface area contributed by atoms with Crippen LogP contribution < -0.4 is 15.5 Å². The minimum atomic E-state index is -0.466. The monoisotopic (exact) mass is 492 g/mol. The molecule has 1 saturated carbocycles. The van der Waals surface area contributed by atoms with E-state index < -0.39 is 6.17 Å². The summed E-state index contributed by atoms with van der Waals surface area (Å²) in [5, 5.41) is 7.18. The summed E-state index contributed by atoms with van der Waals surface area (Å²) in [6.45, 7) is 1.89. The fraction of sp³-hybridized carbons (Fsp3) is 0.417. The lowest BCUT2D eigenvalue weighted by atomic mass is 9.81. The second kappa shape index (κ2) is 9.87. The van der Waals surface area contributed by atoms with Gasteiger partial charge in [-0.25, -0.2) is 9.18 Å². The van der Waals surface area contributed by atoms with Gasteiger partial charge in [-0.3, -0.25) is 15.0 Å². The number of fused-ring (bicyclic) bond motifs is 1. The lowest BCUT2D eigenvalue weighted by Crippen LogP contribution is -2.69. The molecular weight excluding hydrogens is 466 g/mol. The van der Waals surface area contributed by atoms with E-state index in [-0.39, 0.29) is 35.8 Å². The molecule has 9 heteroatoms. The van der Waals surface area contributed by atoms with Gasteiger partial charge >= 0.3 is 6.03 Å². The number of hydrogen-bond acceptors (Lipinski definition) is 3. The number of anilines is 2. The highest BCUT2D eigenvalue weighted by Crippen LogP contribution is 2.34. The first-order chi connectivity index (χ1) is 15.8. The van der Waals surface area contributed by atoms with Gasteiger partial charge in [0.15, 0.2) is 0 Å². The van der Waals surface area contributed by atoms with E-state index >= 15 is 0 Å². The maximum absolute atomic E-state index is 13.6. The number of carbonyl (C=O) groups excluding carboxylic acids is 2. The summed E-state index contributed by atoms with van der Waals surface area (Å²) in [6, 6.07) is 10.1. The number of halogens is 3. The molecule has 2 N–H and O–H groups in total. The van der Waals surface area contributed by atoms with Crippen molar-refractivity contribution < 1.29 is 14.0 Å². The number of hydrogen-bond donors (Lipinski definition) is 2. The topological polar surface area (TPSA) is 64.7 Å². The Kier molecular flexibility index (Phi) is 7.12. The predicted octanol–water partition coefficient (Wildman–Crippen LogP) is 5.51. The van der Waals surface area contributed by atoms with E-state index in [1.807, 2.05) is 6.92 Å². The zero-order chi connectivity index (χ0) is 23.7. The van der Waals surface area contributed by atoms with Gasteiger partial charge in [0.25, 0.3) is 0 Å². The molecule has 176 valence electrons. The fourth-order valence-corrected chi connectivity index (χ4v) is 4.96. The molecule has 2 aromatic carbocycles. The molecule has 6 nitrogen and oxygen atoms in total. The van der Waals surface area contributed by atoms with Crippen LogP contribution in [-0.4, -0.2) is 42.1 Å². The van der Waals surface area contributed by atoms with Gasteiger partial charge in [-0.2, -0.15) is 0 Å². The average molecular weight is 493 g/mol. The molecule has 2 aliphatic rings. The molecule has 1 heterocycles. The largest absolute Gasteiger partial charge is 0.321 e. The smallest absolute Gasteiger partial charge is 0.321 e.